The van der Waals surface area contributed by atoms with Crippen LogP contribution in [-0.4, -0.2) is 29.2 Å². The lowest BCUT2D eigenvalue weighted by atomic mass is 9.97. The Bertz CT molecular complexity index is 488. The summed E-state index contributed by atoms with van der Waals surface area (Å²) >= 11 is 3.06. The molecule has 0 aromatic carbocycles. The molecule has 0 spiro atoms. The SMILES string of the molecule is O=c1[nH]cnc(N2CCCC(C(F)(F)F)C2)c1Br. The Hall–Kier alpha value is -1.05. The van der Waals surface area contributed by atoms with E-state index in [1.807, 2.05) is 0 Å². The van der Waals surface area contributed by atoms with Gasteiger partial charge in [-0.05, 0) is 28.8 Å². The number of halogens is 4. The first-order valence-corrected chi connectivity index (χ1v) is 6.23. The molecule has 1 aliphatic heterocycles. The third-order valence-corrected chi connectivity index (χ3v) is 3.68. The predicted octanol–water partition coefficient (Wildman–Crippen LogP) is 2.31. The molecule has 2 heterocycles. The molecule has 1 aliphatic rings. The van der Waals surface area contributed by atoms with E-state index in [-0.39, 0.29) is 23.3 Å². The van der Waals surface area contributed by atoms with E-state index in [9.17, 15) is 18.0 Å². The Labute approximate surface area is 109 Å². The number of anilines is 1. The normalized spacial score (nSPS) is 21.1. The molecule has 0 saturated carbocycles. The quantitative estimate of drug-likeness (QED) is 0.862. The number of aromatic amines is 1. The van der Waals surface area contributed by atoms with Crippen molar-refractivity contribution >= 4 is 21.7 Å². The van der Waals surface area contributed by atoms with Crippen molar-refractivity contribution in [3.05, 3.63) is 21.2 Å². The Kier molecular flexibility index (Phi) is 3.65. The lowest BCUT2D eigenvalue weighted by Gasteiger charge is -2.34. The van der Waals surface area contributed by atoms with Crippen LogP contribution in [0.5, 0.6) is 0 Å². The van der Waals surface area contributed by atoms with Gasteiger partial charge in [-0.15, -0.1) is 0 Å². The standard InChI is InChI=1S/C10H11BrF3N3O/c11-7-8(15-5-16-9(7)18)17-3-1-2-6(4-17)10(12,13)14/h5-6H,1-4H2,(H,15,16,18). The van der Waals surface area contributed by atoms with Crippen molar-refractivity contribution in [2.45, 2.75) is 19.0 Å². The Morgan fingerprint density at radius 2 is 2.22 bits per heavy atom. The molecule has 0 bridgehead atoms. The Morgan fingerprint density at radius 1 is 1.50 bits per heavy atom. The predicted molar refractivity (Wildman–Crippen MR) is 63.5 cm³/mol. The maximum atomic E-state index is 12.7. The molecule has 1 aromatic heterocycles. The minimum absolute atomic E-state index is 0.126. The van der Waals surface area contributed by atoms with Gasteiger partial charge in [0.1, 0.15) is 10.3 Å². The molecule has 2 rings (SSSR count). The van der Waals surface area contributed by atoms with E-state index in [1.165, 1.54) is 11.2 Å². The molecule has 0 aliphatic carbocycles. The van der Waals surface area contributed by atoms with Crippen LogP contribution in [-0.2, 0) is 0 Å². The van der Waals surface area contributed by atoms with Crippen molar-refractivity contribution in [2.24, 2.45) is 5.92 Å². The highest BCUT2D eigenvalue weighted by atomic mass is 79.9. The molecule has 8 heteroatoms. The van der Waals surface area contributed by atoms with Gasteiger partial charge in [-0.1, -0.05) is 0 Å². The fourth-order valence-corrected chi connectivity index (χ4v) is 2.50. The fourth-order valence-electron chi connectivity index (χ4n) is 2.03. The molecule has 100 valence electrons. The number of rotatable bonds is 1. The number of hydrogen-bond acceptors (Lipinski definition) is 3. The zero-order chi connectivity index (χ0) is 13.3. The van der Waals surface area contributed by atoms with Crippen LogP contribution in [0.3, 0.4) is 0 Å². The molecular weight excluding hydrogens is 315 g/mol. The number of H-pyrrole nitrogens is 1. The van der Waals surface area contributed by atoms with E-state index < -0.39 is 17.7 Å². The third kappa shape index (κ3) is 2.68. The summed E-state index contributed by atoms with van der Waals surface area (Å²) in [5.41, 5.74) is -0.394. The number of alkyl halides is 3. The number of aromatic nitrogens is 2. The molecule has 4 nitrogen and oxygen atoms in total. The van der Waals surface area contributed by atoms with Gasteiger partial charge in [0, 0.05) is 13.1 Å². The average Bonchev–Trinajstić information content (AvgIpc) is 2.32. The Morgan fingerprint density at radius 3 is 2.89 bits per heavy atom. The number of piperidine rings is 1. The summed E-state index contributed by atoms with van der Waals surface area (Å²) in [5, 5.41) is 0. The molecule has 1 aromatic rings. The smallest absolute Gasteiger partial charge is 0.355 e. The van der Waals surface area contributed by atoms with Crippen LogP contribution in [0, 0.1) is 5.92 Å². The average molecular weight is 326 g/mol. The van der Waals surface area contributed by atoms with Gasteiger partial charge in [-0.25, -0.2) is 4.98 Å². The van der Waals surface area contributed by atoms with Crippen LogP contribution in [0.25, 0.3) is 0 Å². The second-order valence-electron chi connectivity index (χ2n) is 4.20. The van der Waals surface area contributed by atoms with E-state index in [4.69, 9.17) is 0 Å². The summed E-state index contributed by atoms with van der Waals surface area (Å²) in [6.07, 6.45) is -2.45. The summed E-state index contributed by atoms with van der Waals surface area (Å²) in [6.45, 7) is 0.320. The summed E-state index contributed by atoms with van der Waals surface area (Å²) in [7, 11) is 0. The molecule has 1 atom stereocenters. The van der Waals surface area contributed by atoms with Crippen molar-refractivity contribution in [1.82, 2.24) is 9.97 Å². The highest BCUT2D eigenvalue weighted by molar-refractivity contribution is 9.10. The third-order valence-electron chi connectivity index (χ3n) is 2.96. The fraction of sp³-hybridized carbons (Fsp3) is 0.600. The van der Waals surface area contributed by atoms with Crippen molar-refractivity contribution < 1.29 is 13.2 Å². The number of nitrogens with zero attached hydrogens (tertiary/aromatic N) is 2. The van der Waals surface area contributed by atoms with E-state index in [2.05, 4.69) is 25.9 Å². The van der Waals surface area contributed by atoms with Crippen molar-refractivity contribution in [1.29, 1.82) is 0 Å². The summed E-state index contributed by atoms with van der Waals surface area (Å²) in [6, 6.07) is 0. The van der Waals surface area contributed by atoms with Crippen LogP contribution in [0.2, 0.25) is 0 Å². The Balaban J connectivity index is 2.24. The van der Waals surface area contributed by atoms with Gasteiger partial charge in [0.2, 0.25) is 0 Å². The maximum Gasteiger partial charge on any atom is 0.393 e. The summed E-state index contributed by atoms with van der Waals surface area (Å²) < 4.78 is 38.2. The molecule has 1 N–H and O–H groups in total. The zero-order valence-corrected chi connectivity index (χ0v) is 10.9. The zero-order valence-electron chi connectivity index (χ0n) is 9.30. The first-order valence-electron chi connectivity index (χ1n) is 5.44. The molecule has 0 radical (unpaired) electrons. The van der Waals surface area contributed by atoms with Gasteiger partial charge in [0.05, 0.1) is 12.2 Å². The molecule has 18 heavy (non-hydrogen) atoms. The topological polar surface area (TPSA) is 49.0 Å². The maximum absolute atomic E-state index is 12.7. The molecule has 1 unspecified atom stereocenters. The first-order chi connectivity index (χ1) is 8.39. The summed E-state index contributed by atoms with van der Waals surface area (Å²) in [5.74, 6) is -1.09. The van der Waals surface area contributed by atoms with Crippen LogP contribution < -0.4 is 10.5 Å². The van der Waals surface area contributed by atoms with Gasteiger partial charge in [0.25, 0.3) is 5.56 Å². The highest BCUT2D eigenvalue weighted by Gasteiger charge is 2.42. The minimum Gasteiger partial charge on any atom is -0.355 e. The second kappa shape index (κ2) is 4.91. The van der Waals surface area contributed by atoms with Crippen LogP contribution in [0.15, 0.2) is 15.6 Å². The molecule has 1 fully saturated rings. The van der Waals surface area contributed by atoms with Gasteiger partial charge in [0.15, 0.2) is 0 Å². The van der Waals surface area contributed by atoms with Crippen molar-refractivity contribution in [3.63, 3.8) is 0 Å². The largest absolute Gasteiger partial charge is 0.393 e. The minimum atomic E-state index is -4.20. The van der Waals surface area contributed by atoms with E-state index in [1.54, 1.807) is 0 Å². The monoisotopic (exact) mass is 325 g/mol. The van der Waals surface area contributed by atoms with Crippen LogP contribution >= 0.6 is 15.9 Å². The van der Waals surface area contributed by atoms with Gasteiger partial charge in [-0.2, -0.15) is 13.2 Å². The molecule has 1 saturated heterocycles. The summed E-state index contributed by atoms with van der Waals surface area (Å²) in [4.78, 5) is 19.2. The number of nitrogens with one attached hydrogen (secondary N) is 1. The lowest BCUT2D eigenvalue weighted by Crippen LogP contribution is -2.42. The van der Waals surface area contributed by atoms with Gasteiger partial charge >= 0.3 is 6.18 Å². The molecular formula is C10H11BrF3N3O. The van der Waals surface area contributed by atoms with Crippen LogP contribution in [0.1, 0.15) is 12.8 Å². The lowest BCUT2D eigenvalue weighted by molar-refractivity contribution is -0.176. The highest BCUT2D eigenvalue weighted by Crippen LogP contribution is 2.35. The van der Waals surface area contributed by atoms with Crippen molar-refractivity contribution in [3.8, 4) is 0 Å². The van der Waals surface area contributed by atoms with Crippen LogP contribution in [0.4, 0.5) is 19.0 Å². The molecule has 0 amide bonds. The van der Waals surface area contributed by atoms with Gasteiger partial charge < -0.3 is 9.88 Å². The van der Waals surface area contributed by atoms with Crippen molar-refractivity contribution in [2.75, 3.05) is 18.0 Å². The van der Waals surface area contributed by atoms with E-state index >= 15 is 0 Å². The first kappa shape index (κ1) is 13.4. The van der Waals surface area contributed by atoms with Gasteiger partial charge in [-0.3, -0.25) is 4.79 Å². The van der Waals surface area contributed by atoms with E-state index in [0.717, 1.165) is 0 Å². The second-order valence-corrected chi connectivity index (χ2v) is 4.99. The number of hydrogen-bond donors (Lipinski definition) is 1. The van der Waals surface area contributed by atoms with E-state index in [0.29, 0.717) is 13.0 Å².